The molecule has 0 spiro atoms. The Morgan fingerprint density at radius 1 is 1.10 bits per heavy atom. The van der Waals surface area contributed by atoms with Crippen LogP contribution in [0.15, 0.2) is 12.1 Å². The third-order valence-electron chi connectivity index (χ3n) is 6.03. The third kappa shape index (κ3) is 2.59. The maximum absolute atomic E-state index is 10.4. The van der Waals surface area contributed by atoms with Gasteiger partial charge in [0.2, 0.25) is 0 Å². The van der Waals surface area contributed by atoms with Crippen LogP contribution in [0.2, 0.25) is 0 Å². The summed E-state index contributed by atoms with van der Waals surface area (Å²) in [7, 11) is 0. The van der Waals surface area contributed by atoms with Gasteiger partial charge in [0.05, 0.1) is 0 Å². The number of aryl methyl sites for hydroxylation is 1. The standard InChI is InChI=1S/C19H29NO/c1-11-6-5-7-15(14(11)4)20-16-10-13(3)18-12(2)8-9-17(21)19(16)18/h8-9,11,13-16,20-21H,5-7,10H2,1-4H3. The molecule has 116 valence electrons. The highest BCUT2D eigenvalue weighted by molar-refractivity contribution is 5.50. The highest BCUT2D eigenvalue weighted by Gasteiger charge is 2.35. The quantitative estimate of drug-likeness (QED) is 0.829. The molecule has 0 saturated heterocycles. The summed E-state index contributed by atoms with van der Waals surface area (Å²) in [5, 5.41) is 14.2. The molecule has 3 rings (SSSR count). The Morgan fingerprint density at radius 2 is 1.86 bits per heavy atom. The van der Waals surface area contributed by atoms with Gasteiger partial charge in [-0.05, 0) is 54.7 Å². The van der Waals surface area contributed by atoms with Gasteiger partial charge >= 0.3 is 0 Å². The maximum Gasteiger partial charge on any atom is 0.120 e. The Balaban J connectivity index is 1.85. The van der Waals surface area contributed by atoms with Crippen molar-refractivity contribution in [1.82, 2.24) is 5.32 Å². The molecule has 1 aromatic carbocycles. The Kier molecular flexibility index (Phi) is 4.00. The first kappa shape index (κ1) is 14.9. The minimum Gasteiger partial charge on any atom is -0.508 e. The van der Waals surface area contributed by atoms with E-state index in [0.29, 0.717) is 23.8 Å². The lowest BCUT2D eigenvalue weighted by Gasteiger charge is -2.36. The van der Waals surface area contributed by atoms with Gasteiger partial charge in [-0.1, -0.05) is 39.7 Å². The summed E-state index contributed by atoms with van der Waals surface area (Å²) in [6.45, 7) is 9.23. The number of fused-ring (bicyclic) bond motifs is 1. The molecule has 0 bridgehead atoms. The number of rotatable bonds is 2. The molecule has 5 atom stereocenters. The van der Waals surface area contributed by atoms with Gasteiger partial charge in [0.15, 0.2) is 0 Å². The molecule has 21 heavy (non-hydrogen) atoms. The lowest BCUT2D eigenvalue weighted by molar-refractivity contribution is 0.192. The van der Waals surface area contributed by atoms with E-state index in [1.54, 1.807) is 0 Å². The average molecular weight is 287 g/mol. The summed E-state index contributed by atoms with van der Waals surface area (Å²) < 4.78 is 0. The van der Waals surface area contributed by atoms with Crippen LogP contribution in [-0.2, 0) is 0 Å². The highest BCUT2D eigenvalue weighted by Crippen LogP contribution is 2.46. The van der Waals surface area contributed by atoms with Crippen molar-refractivity contribution < 1.29 is 5.11 Å². The summed E-state index contributed by atoms with van der Waals surface area (Å²) in [6.07, 6.45) is 5.09. The van der Waals surface area contributed by atoms with Crippen molar-refractivity contribution in [2.75, 3.05) is 0 Å². The molecule has 2 nitrogen and oxygen atoms in total. The van der Waals surface area contributed by atoms with E-state index in [2.05, 4.69) is 39.1 Å². The molecular weight excluding hydrogens is 258 g/mol. The molecule has 2 aliphatic carbocycles. The van der Waals surface area contributed by atoms with E-state index in [9.17, 15) is 5.11 Å². The highest BCUT2D eigenvalue weighted by atomic mass is 16.3. The Hall–Kier alpha value is -1.02. The minimum atomic E-state index is 0.327. The van der Waals surface area contributed by atoms with Gasteiger partial charge in [-0.25, -0.2) is 0 Å². The molecular formula is C19H29NO. The van der Waals surface area contributed by atoms with Gasteiger partial charge in [0.25, 0.3) is 0 Å². The predicted octanol–water partition coefficient (Wildman–Crippen LogP) is 4.66. The summed E-state index contributed by atoms with van der Waals surface area (Å²) in [4.78, 5) is 0. The number of hydrogen-bond donors (Lipinski definition) is 2. The van der Waals surface area contributed by atoms with E-state index >= 15 is 0 Å². The van der Waals surface area contributed by atoms with E-state index in [1.807, 2.05) is 6.07 Å². The van der Waals surface area contributed by atoms with Crippen LogP contribution in [0.5, 0.6) is 5.75 Å². The molecule has 1 saturated carbocycles. The van der Waals surface area contributed by atoms with Crippen molar-refractivity contribution >= 4 is 0 Å². The number of aromatic hydroxyl groups is 1. The maximum atomic E-state index is 10.4. The van der Waals surface area contributed by atoms with Crippen LogP contribution in [0.1, 0.15) is 75.1 Å². The lowest BCUT2D eigenvalue weighted by atomic mass is 9.77. The van der Waals surface area contributed by atoms with Crippen LogP contribution in [0.3, 0.4) is 0 Å². The fourth-order valence-corrected chi connectivity index (χ4v) is 4.57. The summed E-state index contributed by atoms with van der Waals surface area (Å²) in [6, 6.07) is 4.84. The van der Waals surface area contributed by atoms with Gasteiger partial charge in [0.1, 0.15) is 5.75 Å². The van der Waals surface area contributed by atoms with Gasteiger partial charge < -0.3 is 10.4 Å². The van der Waals surface area contributed by atoms with Crippen LogP contribution < -0.4 is 5.32 Å². The average Bonchev–Trinajstić information content (AvgIpc) is 2.77. The number of benzene rings is 1. The number of hydrogen-bond acceptors (Lipinski definition) is 2. The first-order valence-corrected chi connectivity index (χ1v) is 8.57. The first-order valence-electron chi connectivity index (χ1n) is 8.57. The fourth-order valence-electron chi connectivity index (χ4n) is 4.57. The normalized spacial score (nSPS) is 35.7. The molecule has 5 unspecified atom stereocenters. The zero-order valence-corrected chi connectivity index (χ0v) is 13.8. The van der Waals surface area contributed by atoms with E-state index in [4.69, 9.17) is 0 Å². The third-order valence-corrected chi connectivity index (χ3v) is 6.03. The molecule has 1 fully saturated rings. The van der Waals surface area contributed by atoms with Crippen molar-refractivity contribution in [3.8, 4) is 5.75 Å². The van der Waals surface area contributed by atoms with Gasteiger partial charge in [-0.3, -0.25) is 0 Å². The van der Waals surface area contributed by atoms with E-state index in [-0.39, 0.29) is 0 Å². The largest absolute Gasteiger partial charge is 0.508 e. The number of nitrogens with one attached hydrogen (secondary N) is 1. The first-order chi connectivity index (χ1) is 9.99. The van der Waals surface area contributed by atoms with Crippen LogP contribution >= 0.6 is 0 Å². The lowest BCUT2D eigenvalue weighted by Crippen LogP contribution is -2.42. The van der Waals surface area contributed by atoms with Crippen LogP contribution in [-0.4, -0.2) is 11.1 Å². The van der Waals surface area contributed by atoms with Crippen LogP contribution in [0.25, 0.3) is 0 Å². The van der Waals surface area contributed by atoms with Crippen molar-refractivity contribution in [2.24, 2.45) is 11.8 Å². The Bertz CT molecular complexity index is 525. The van der Waals surface area contributed by atoms with Crippen molar-refractivity contribution in [3.63, 3.8) is 0 Å². The predicted molar refractivity (Wildman–Crippen MR) is 87.7 cm³/mol. The minimum absolute atomic E-state index is 0.327. The summed E-state index contributed by atoms with van der Waals surface area (Å²) in [5.74, 6) is 2.56. The van der Waals surface area contributed by atoms with Crippen molar-refractivity contribution in [1.29, 1.82) is 0 Å². The Morgan fingerprint density at radius 3 is 2.62 bits per heavy atom. The van der Waals surface area contributed by atoms with Crippen molar-refractivity contribution in [3.05, 3.63) is 28.8 Å². The zero-order chi connectivity index (χ0) is 15.1. The second-order valence-electron chi connectivity index (χ2n) is 7.46. The SMILES string of the molecule is Cc1ccc(O)c2c1C(C)CC2NC1CCCC(C)C1C. The van der Waals surface area contributed by atoms with E-state index < -0.39 is 0 Å². The molecule has 0 aromatic heterocycles. The molecule has 0 aliphatic heterocycles. The van der Waals surface area contributed by atoms with E-state index in [0.717, 1.165) is 18.3 Å². The van der Waals surface area contributed by atoms with Crippen molar-refractivity contribution in [2.45, 2.75) is 71.4 Å². The summed E-state index contributed by atoms with van der Waals surface area (Å²) in [5.41, 5.74) is 3.88. The molecule has 2 aliphatic rings. The van der Waals surface area contributed by atoms with Gasteiger partial charge in [0, 0.05) is 17.6 Å². The second-order valence-corrected chi connectivity index (χ2v) is 7.46. The topological polar surface area (TPSA) is 32.3 Å². The number of phenols is 1. The van der Waals surface area contributed by atoms with E-state index in [1.165, 1.54) is 36.0 Å². The smallest absolute Gasteiger partial charge is 0.120 e. The van der Waals surface area contributed by atoms with Gasteiger partial charge in [-0.2, -0.15) is 0 Å². The molecule has 1 aromatic rings. The monoisotopic (exact) mass is 287 g/mol. The summed E-state index contributed by atoms with van der Waals surface area (Å²) >= 11 is 0. The number of phenolic OH excluding ortho intramolecular Hbond substituents is 1. The molecule has 2 N–H and O–H groups in total. The molecule has 2 heteroatoms. The van der Waals surface area contributed by atoms with Gasteiger partial charge in [-0.15, -0.1) is 0 Å². The van der Waals surface area contributed by atoms with Crippen LogP contribution in [0, 0.1) is 18.8 Å². The molecule has 0 heterocycles. The zero-order valence-electron chi connectivity index (χ0n) is 13.8. The fraction of sp³-hybridized carbons (Fsp3) is 0.684. The molecule has 0 radical (unpaired) electrons. The van der Waals surface area contributed by atoms with Crippen LogP contribution in [0.4, 0.5) is 0 Å². The Labute approximate surface area is 129 Å². The molecule has 0 amide bonds. The second kappa shape index (κ2) is 5.64.